The van der Waals surface area contributed by atoms with Crippen molar-refractivity contribution in [2.24, 2.45) is 0 Å². The van der Waals surface area contributed by atoms with Gasteiger partial charge in [0.25, 0.3) is 0 Å². The second kappa shape index (κ2) is 8.09. The fraction of sp³-hybridized carbons (Fsp3) is 0.455. The highest BCUT2D eigenvalue weighted by atomic mass is 16.5. The summed E-state index contributed by atoms with van der Waals surface area (Å²) in [5.41, 5.74) is 4.93. The van der Waals surface area contributed by atoms with E-state index in [1.54, 1.807) is 20.8 Å². The molecule has 0 aliphatic heterocycles. The second-order valence-corrected chi connectivity index (χ2v) is 7.24. The van der Waals surface area contributed by atoms with Crippen molar-refractivity contribution >= 4 is 11.8 Å². The first kappa shape index (κ1) is 19.4. The van der Waals surface area contributed by atoms with E-state index in [-0.39, 0.29) is 23.8 Å². The van der Waals surface area contributed by atoms with E-state index in [1.807, 2.05) is 6.92 Å². The van der Waals surface area contributed by atoms with E-state index in [0.717, 1.165) is 19.3 Å². The van der Waals surface area contributed by atoms with Gasteiger partial charge in [-0.2, -0.15) is 0 Å². The van der Waals surface area contributed by atoms with Gasteiger partial charge >= 0.3 is 5.97 Å². The Hall–Kier alpha value is -2.40. The molecule has 1 heterocycles. The molecule has 0 bridgehead atoms. The summed E-state index contributed by atoms with van der Waals surface area (Å²) in [4.78, 5) is 28.3. The van der Waals surface area contributed by atoms with E-state index in [0.29, 0.717) is 29.1 Å². The molecule has 1 aliphatic carbocycles. The summed E-state index contributed by atoms with van der Waals surface area (Å²) in [7, 11) is 0. The Morgan fingerprint density at radius 1 is 1.30 bits per heavy atom. The first-order valence-electron chi connectivity index (χ1n) is 9.68. The van der Waals surface area contributed by atoms with Crippen molar-refractivity contribution in [2.75, 3.05) is 6.61 Å². The zero-order valence-corrected chi connectivity index (χ0v) is 16.5. The summed E-state index contributed by atoms with van der Waals surface area (Å²) in [5, 5.41) is 3.50. The molecule has 2 aromatic rings. The number of hydrogen-bond acceptors (Lipinski definition) is 4. The predicted octanol–water partition coefficient (Wildman–Crippen LogP) is 4.05. The molecule has 0 spiro atoms. The van der Waals surface area contributed by atoms with Gasteiger partial charge in [0.2, 0.25) is 0 Å². The number of fused-ring (bicyclic) bond motifs is 1. The molecular weight excluding hydrogens is 340 g/mol. The van der Waals surface area contributed by atoms with Crippen LogP contribution in [0.4, 0.5) is 0 Å². The van der Waals surface area contributed by atoms with Gasteiger partial charge in [0.05, 0.1) is 23.9 Å². The summed E-state index contributed by atoms with van der Waals surface area (Å²) >= 11 is 0. The van der Waals surface area contributed by atoms with Crippen LogP contribution in [-0.2, 0) is 11.2 Å². The van der Waals surface area contributed by atoms with Crippen LogP contribution in [-0.4, -0.2) is 29.4 Å². The van der Waals surface area contributed by atoms with E-state index in [9.17, 15) is 9.59 Å². The van der Waals surface area contributed by atoms with Crippen LogP contribution in [0.25, 0.3) is 0 Å². The van der Waals surface area contributed by atoms with Gasteiger partial charge in [-0.15, -0.1) is 0 Å². The number of aryl methyl sites for hydroxylation is 2. The number of rotatable bonds is 6. The van der Waals surface area contributed by atoms with Gasteiger partial charge in [0.1, 0.15) is 0 Å². The van der Waals surface area contributed by atoms with Gasteiger partial charge in [-0.3, -0.25) is 4.79 Å². The molecule has 0 amide bonds. The molecule has 0 unspecified atom stereocenters. The molecule has 144 valence electrons. The number of nitrogens with one attached hydrogen (secondary N) is 2. The minimum atomic E-state index is -0.385. The highest BCUT2D eigenvalue weighted by molar-refractivity contribution is 6.03. The summed E-state index contributed by atoms with van der Waals surface area (Å²) in [6, 6.07) is 8.25. The number of carbonyl (C=O) groups is 2. The lowest BCUT2D eigenvalue weighted by molar-refractivity contribution is 0.0525. The average molecular weight is 368 g/mol. The van der Waals surface area contributed by atoms with Gasteiger partial charge in [-0.25, -0.2) is 4.79 Å². The molecule has 1 aliphatic rings. The van der Waals surface area contributed by atoms with E-state index >= 15 is 0 Å². The second-order valence-electron chi connectivity index (χ2n) is 7.24. The van der Waals surface area contributed by atoms with Gasteiger partial charge in [-0.1, -0.05) is 24.3 Å². The summed E-state index contributed by atoms with van der Waals surface area (Å²) in [6.07, 6.45) is 3.23. The first-order chi connectivity index (χ1) is 12.9. The minimum absolute atomic E-state index is 0.0331. The third-order valence-electron chi connectivity index (χ3n) is 5.38. The quantitative estimate of drug-likeness (QED) is 0.596. The smallest absolute Gasteiger partial charge is 0.340 e. The fourth-order valence-electron chi connectivity index (χ4n) is 4.03. The van der Waals surface area contributed by atoms with Crippen LogP contribution in [0, 0.1) is 13.8 Å². The maximum Gasteiger partial charge on any atom is 0.340 e. The number of aromatic nitrogens is 1. The Labute approximate surface area is 160 Å². The Morgan fingerprint density at radius 3 is 2.78 bits per heavy atom. The topological polar surface area (TPSA) is 71.2 Å². The van der Waals surface area contributed by atoms with Gasteiger partial charge in [-0.05, 0) is 63.6 Å². The largest absolute Gasteiger partial charge is 0.462 e. The minimum Gasteiger partial charge on any atom is -0.462 e. The van der Waals surface area contributed by atoms with Crippen LogP contribution < -0.4 is 5.32 Å². The Kier molecular flexibility index (Phi) is 5.80. The van der Waals surface area contributed by atoms with Crippen molar-refractivity contribution in [2.45, 2.75) is 59.0 Å². The number of hydrogen-bond donors (Lipinski definition) is 2. The molecule has 0 fully saturated rings. The molecule has 0 saturated heterocycles. The molecule has 27 heavy (non-hydrogen) atoms. The number of aromatic amines is 1. The Balaban J connectivity index is 1.79. The summed E-state index contributed by atoms with van der Waals surface area (Å²) in [6.45, 7) is 7.57. The Morgan fingerprint density at radius 2 is 2.04 bits per heavy atom. The zero-order valence-electron chi connectivity index (χ0n) is 16.5. The van der Waals surface area contributed by atoms with Gasteiger partial charge in [0.15, 0.2) is 5.78 Å². The van der Waals surface area contributed by atoms with Crippen molar-refractivity contribution in [1.29, 1.82) is 0 Å². The molecule has 0 radical (unpaired) electrons. The maximum atomic E-state index is 13.1. The molecule has 3 rings (SSSR count). The van der Waals surface area contributed by atoms with Crippen LogP contribution in [0.15, 0.2) is 24.3 Å². The molecular formula is C22H28N2O3. The first-order valence-corrected chi connectivity index (χ1v) is 9.68. The van der Waals surface area contributed by atoms with E-state index in [1.165, 1.54) is 11.1 Å². The maximum absolute atomic E-state index is 13.1. The molecule has 1 aromatic carbocycles. The van der Waals surface area contributed by atoms with Crippen molar-refractivity contribution in [3.63, 3.8) is 0 Å². The SMILES string of the molecule is CCOC(=O)c1c(C)[nH]c(C(=O)[C@@H](C)N[C@H]2CCCc3ccccc32)c1C. The van der Waals surface area contributed by atoms with Gasteiger partial charge in [0, 0.05) is 11.7 Å². The number of benzene rings is 1. The third-order valence-corrected chi connectivity index (χ3v) is 5.38. The number of H-pyrrole nitrogens is 1. The van der Waals surface area contributed by atoms with Crippen molar-refractivity contribution < 1.29 is 14.3 Å². The lowest BCUT2D eigenvalue weighted by Crippen LogP contribution is -2.38. The standard InChI is InChI=1S/C22H28N2O3/c1-5-27-22(26)19-13(2)20(24-14(19)3)21(25)15(4)23-18-12-8-10-16-9-6-7-11-17(16)18/h6-7,9,11,15,18,23-24H,5,8,10,12H2,1-4H3/t15-,18+/m1/s1. The molecule has 2 atom stereocenters. The lowest BCUT2D eigenvalue weighted by Gasteiger charge is -2.28. The van der Waals surface area contributed by atoms with Crippen molar-refractivity contribution in [3.05, 3.63) is 57.9 Å². The van der Waals surface area contributed by atoms with Gasteiger partial charge < -0.3 is 15.0 Å². The highest BCUT2D eigenvalue weighted by Crippen LogP contribution is 2.30. The normalized spacial score (nSPS) is 17.3. The highest BCUT2D eigenvalue weighted by Gasteiger charge is 2.28. The average Bonchev–Trinajstić information content (AvgIpc) is 2.95. The van der Waals surface area contributed by atoms with E-state index in [4.69, 9.17) is 4.74 Å². The molecule has 0 saturated carbocycles. The number of esters is 1. The number of ether oxygens (including phenoxy) is 1. The molecule has 2 N–H and O–H groups in total. The number of ketones is 1. The van der Waals surface area contributed by atoms with Crippen LogP contribution in [0.3, 0.4) is 0 Å². The van der Waals surface area contributed by atoms with Crippen LogP contribution in [0.1, 0.15) is 76.0 Å². The molecule has 5 heteroatoms. The molecule has 1 aromatic heterocycles. The molecule has 5 nitrogen and oxygen atoms in total. The van der Waals surface area contributed by atoms with Crippen LogP contribution in [0.2, 0.25) is 0 Å². The van der Waals surface area contributed by atoms with E-state index in [2.05, 4.69) is 34.6 Å². The van der Waals surface area contributed by atoms with Crippen molar-refractivity contribution in [3.8, 4) is 0 Å². The monoisotopic (exact) mass is 368 g/mol. The predicted molar refractivity (Wildman–Crippen MR) is 105 cm³/mol. The van der Waals surface area contributed by atoms with Crippen molar-refractivity contribution in [1.82, 2.24) is 10.3 Å². The zero-order chi connectivity index (χ0) is 19.6. The summed E-state index contributed by atoms with van der Waals surface area (Å²) in [5.74, 6) is -0.418. The number of carbonyl (C=O) groups excluding carboxylic acids is 2. The Bertz CT molecular complexity index is 853. The summed E-state index contributed by atoms with van der Waals surface area (Å²) < 4.78 is 5.12. The fourth-order valence-corrected chi connectivity index (χ4v) is 4.03. The van der Waals surface area contributed by atoms with Crippen LogP contribution >= 0.6 is 0 Å². The third kappa shape index (κ3) is 3.83. The lowest BCUT2D eigenvalue weighted by atomic mass is 9.87. The van der Waals surface area contributed by atoms with E-state index < -0.39 is 0 Å². The van der Waals surface area contributed by atoms with Crippen LogP contribution in [0.5, 0.6) is 0 Å². The number of Topliss-reactive ketones (excluding diaryl/α,β-unsaturated/α-hetero) is 1.